The first-order valence-electron chi connectivity index (χ1n) is 7.48. The van der Waals surface area contributed by atoms with Crippen molar-refractivity contribution < 1.29 is 18.4 Å². The van der Waals surface area contributed by atoms with Gasteiger partial charge in [-0.15, -0.1) is 0 Å². The molecule has 0 aromatic heterocycles. The van der Waals surface area contributed by atoms with Crippen LogP contribution in [0.4, 0.5) is 14.5 Å². The number of rotatable bonds is 7. The van der Waals surface area contributed by atoms with E-state index in [1.807, 2.05) is 0 Å². The molecule has 0 heterocycles. The van der Waals surface area contributed by atoms with Crippen molar-refractivity contribution in [1.82, 2.24) is 0 Å². The molecule has 1 aromatic rings. The molecule has 0 aliphatic heterocycles. The Hall–Kier alpha value is -1.78. The number of anilines is 1. The molecule has 0 spiro atoms. The molecule has 0 N–H and O–H groups in total. The van der Waals surface area contributed by atoms with E-state index in [4.69, 9.17) is 0 Å². The van der Waals surface area contributed by atoms with E-state index in [1.165, 1.54) is 4.90 Å². The van der Waals surface area contributed by atoms with E-state index >= 15 is 0 Å². The lowest BCUT2D eigenvalue weighted by atomic mass is 9.94. The average molecular weight is 311 g/mol. The molecule has 0 saturated carbocycles. The van der Waals surface area contributed by atoms with Crippen molar-refractivity contribution >= 4 is 17.9 Å². The van der Waals surface area contributed by atoms with Gasteiger partial charge in [0.25, 0.3) is 0 Å². The maximum Gasteiger partial charge on any atom is 0.232 e. The smallest absolute Gasteiger partial charge is 0.232 e. The van der Waals surface area contributed by atoms with Crippen LogP contribution in [0.3, 0.4) is 0 Å². The summed E-state index contributed by atoms with van der Waals surface area (Å²) < 4.78 is 27.4. The molecule has 1 rings (SSSR count). The van der Waals surface area contributed by atoms with Crippen LogP contribution in [0.2, 0.25) is 0 Å². The number of benzene rings is 1. The van der Waals surface area contributed by atoms with Gasteiger partial charge in [-0.2, -0.15) is 0 Å². The average Bonchev–Trinajstić information content (AvgIpc) is 2.44. The number of nitrogens with zero attached hydrogens (tertiary/aromatic N) is 1. The lowest BCUT2D eigenvalue weighted by Crippen LogP contribution is -2.40. The Balaban J connectivity index is 2.93. The number of halogens is 2. The van der Waals surface area contributed by atoms with Gasteiger partial charge < -0.3 is 9.69 Å². The van der Waals surface area contributed by atoms with Crippen molar-refractivity contribution in [3.8, 4) is 0 Å². The molecule has 0 atom stereocenters. The van der Waals surface area contributed by atoms with Gasteiger partial charge in [-0.25, -0.2) is 8.78 Å². The van der Waals surface area contributed by atoms with Crippen LogP contribution in [-0.2, 0) is 9.59 Å². The highest BCUT2D eigenvalue weighted by atomic mass is 19.1. The van der Waals surface area contributed by atoms with Gasteiger partial charge in [-0.05, 0) is 25.0 Å². The Morgan fingerprint density at radius 3 is 2.45 bits per heavy atom. The van der Waals surface area contributed by atoms with E-state index < -0.39 is 17.0 Å². The summed E-state index contributed by atoms with van der Waals surface area (Å²) in [5.41, 5.74) is -0.725. The van der Waals surface area contributed by atoms with E-state index in [9.17, 15) is 18.4 Å². The van der Waals surface area contributed by atoms with Gasteiger partial charge in [0.15, 0.2) is 0 Å². The summed E-state index contributed by atoms with van der Waals surface area (Å²) in [7, 11) is 0. The van der Waals surface area contributed by atoms with Crippen LogP contribution in [0.5, 0.6) is 0 Å². The molecule has 22 heavy (non-hydrogen) atoms. The van der Waals surface area contributed by atoms with Crippen LogP contribution in [0.15, 0.2) is 18.2 Å². The monoisotopic (exact) mass is 311 g/mol. The summed E-state index contributed by atoms with van der Waals surface area (Å²) in [5, 5.41) is 0. The van der Waals surface area contributed by atoms with Gasteiger partial charge in [0, 0.05) is 24.4 Å². The molecule has 1 amide bonds. The first-order chi connectivity index (χ1) is 10.3. The second-order valence-electron chi connectivity index (χ2n) is 6.32. The molecule has 0 radical (unpaired) electrons. The second kappa shape index (κ2) is 8.01. The van der Waals surface area contributed by atoms with E-state index in [1.54, 1.807) is 20.8 Å². The van der Waals surface area contributed by atoms with Crippen molar-refractivity contribution in [3.05, 3.63) is 29.8 Å². The molecule has 1 aromatic carbocycles. The van der Waals surface area contributed by atoms with Crippen LogP contribution in [-0.4, -0.2) is 18.7 Å². The molecule has 122 valence electrons. The lowest BCUT2D eigenvalue weighted by molar-refractivity contribution is -0.125. The molecule has 0 aliphatic carbocycles. The maximum atomic E-state index is 14.0. The molecule has 5 heteroatoms. The van der Waals surface area contributed by atoms with Gasteiger partial charge in [0.1, 0.15) is 17.9 Å². The fraction of sp³-hybridized carbons (Fsp3) is 0.529. The Morgan fingerprint density at radius 2 is 1.86 bits per heavy atom. The Morgan fingerprint density at radius 1 is 1.18 bits per heavy atom. The second-order valence-corrected chi connectivity index (χ2v) is 6.32. The molecule has 0 aliphatic rings. The molecule has 0 unspecified atom stereocenters. The fourth-order valence-electron chi connectivity index (χ4n) is 2.10. The largest absolute Gasteiger partial charge is 0.309 e. The van der Waals surface area contributed by atoms with Crippen molar-refractivity contribution in [1.29, 1.82) is 0 Å². The van der Waals surface area contributed by atoms with Gasteiger partial charge >= 0.3 is 0 Å². The Kier molecular flexibility index (Phi) is 6.65. The molecule has 0 saturated heterocycles. The topological polar surface area (TPSA) is 37.4 Å². The zero-order valence-corrected chi connectivity index (χ0v) is 13.4. The molecule has 3 nitrogen and oxygen atoms in total. The van der Waals surface area contributed by atoms with Crippen LogP contribution < -0.4 is 4.90 Å². The predicted octanol–water partition coefficient (Wildman–Crippen LogP) is 4.10. The number of aldehydes is 1. The van der Waals surface area contributed by atoms with Crippen molar-refractivity contribution in [3.63, 3.8) is 0 Å². The lowest BCUT2D eigenvalue weighted by Gasteiger charge is -2.30. The van der Waals surface area contributed by atoms with Crippen molar-refractivity contribution in [2.45, 2.75) is 46.5 Å². The van der Waals surface area contributed by atoms with Crippen LogP contribution in [0.25, 0.3) is 0 Å². The van der Waals surface area contributed by atoms with E-state index in [-0.39, 0.29) is 11.6 Å². The van der Waals surface area contributed by atoms with Crippen molar-refractivity contribution in [2.24, 2.45) is 5.41 Å². The normalized spacial score (nSPS) is 11.3. The van der Waals surface area contributed by atoms with E-state index in [0.29, 0.717) is 19.4 Å². The summed E-state index contributed by atoms with van der Waals surface area (Å²) in [4.78, 5) is 24.1. The third-order valence-electron chi connectivity index (χ3n) is 3.29. The minimum absolute atomic E-state index is 0.0321. The quantitative estimate of drug-likeness (QED) is 0.561. The van der Waals surface area contributed by atoms with Crippen molar-refractivity contribution in [2.75, 3.05) is 11.4 Å². The molecule has 0 bridgehead atoms. The minimum atomic E-state index is -0.693. The number of carbonyl (C=O) groups is 2. The highest BCUT2D eigenvalue weighted by Crippen LogP contribution is 2.27. The standard InChI is InChI=1S/C17H23F2NO2/c1-17(2,3)16(22)20(10-6-4-5-7-11-21)15-12-13(18)8-9-14(15)19/h8-9,11-12H,4-7,10H2,1-3H3. The fourth-order valence-corrected chi connectivity index (χ4v) is 2.10. The van der Waals surface area contributed by atoms with Crippen LogP contribution >= 0.6 is 0 Å². The molecule has 0 fully saturated rings. The maximum absolute atomic E-state index is 14.0. The van der Waals surface area contributed by atoms with E-state index in [0.717, 1.165) is 37.3 Å². The summed E-state index contributed by atoms with van der Waals surface area (Å²) in [6.45, 7) is 5.53. The Bertz CT molecular complexity index is 524. The minimum Gasteiger partial charge on any atom is -0.309 e. The third-order valence-corrected chi connectivity index (χ3v) is 3.29. The summed E-state index contributed by atoms with van der Waals surface area (Å²) in [5.74, 6) is -1.46. The van der Waals surface area contributed by atoms with Crippen LogP contribution in [0.1, 0.15) is 46.5 Å². The number of hydrogen-bond acceptors (Lipinski definition) is 2. The van der Waals surface area contributed by atoms with Crippen LogP contribution in [0, 0.1) is 17.0 Å². The first kappa shape index (κ1) is 18.3. The number of hydrogen-bond donors (Lipinski definition) is 0. The van der Waals surface area contributed by atoms with Gasteiger partial charge in [-0.3, -0.25) is 4.79 Å². The zero-order chi connectivity index (χ0) is 16.8. The number of amides is 1. The number of carbonyl (C=O) groups excluding carboxylic acids is 2. The first-order valence-corrected chi connectivity index (χ1v) is 7.48. The summed E-state index contributed by atoms with van der Waals surface area (Å²) in [6, 6.07) is 3.10. The summed E-state index contributed by atoms with van der Waals surface area (Å²) in [6.07, 6.45) is 3.44. The molecular weight excluding hydrogens is 288 g/mol. The zero-order valence-electron chi connectivity index (χ0n) is 13.4. The van der Waals surface area contributed by atoms with Gasteiger partial charge in [0.2, 0.25) is 5.91 Å². The molecular formula is C17H23F2NO2. The third kappa shape index (κ3) is 5.20. The van der Waals surface area contributed by atoms with Gasteiger partial charge in [-0.1, -0.05) is 27.2 Å². The Labute approximate surface area is 130 Å². The highest BCUT2D eigenvalue weighted by molar-refractivity contribution is 5.97. The predicted molar refractivity (Wildman–Crippen MR) is 82.7 cm³/mol. The number of unbranched alkanes of at least 4 members (excludes halogenated alkanes) is 3. The van der Waals surface area contributed by atoms with E-state index in [2.05, 4.69) is 0 Å². The highest BCUT2D eigenvalue weighted by Gasteiger charge is 2.29. The summed E-state index contributed by atoms with van der Waals surface area (Å²) >= 11 is 0. The SMILES string of the molecule is CC(C)(C)C(=O)N(CCCCCC=O)c1cc(F)ccc1F. The van der Waals surface area contributed by atoms with Gasteiger partial charge in [0.05, 0.1) is 5.69 Å².